The summed E-state index contributed by atoms with van der Waals surface area (Å²) in [7, 11) is -4.26. The van der Waals surface area contributed by atoms with Crippen LogP contribution in [0.3, 0.4) is 0 Å². The van der Waals surface area contributed by atoms with Crippen molar-refractivity contribution in [2.24, 2.45) is 0 Å². The Morgan fingerprint density at radius 1 is 0.900 bits per heavy atom. The fourth-order valence-electron chi connectivity index (χ4n) is 4.48. The number of benzene rings is 3. The summed E-state index contributed by atoms with van der Waals surface area (Å²) in [5, 5.41) is 18.9. The molecule has 3 N–H and O–H groups in total. The first-order chi connectivity index (χ1) is 19.1. The molecule has 204 valence electrons. The van der Waals surface area contributed by atoms with Gasteiger partial charge in [-0.3, -0.25) is 14.3 Å². The molecule has 0 aliphatic rings. The zero-order valence-corrected chi connectivity index (χ0v) is 23.0. The van der Waals surface area contributed by atoms with Crippen molar-refractivity contribution in [3.8, 4) is 45.1 Å². The molecule has 6 nitrogen and oxygen atoms in total. The van der Waals surface area contributed by atoms with Crippen LogP contribution < -0.4 is 0 Å². The summed E-state index contributed by atoms with van der Waals surface area (Å²) in [6.45, 7) is 3.88. The highest BCUT2D eigenvalue weighted by Crippen LogP contribution is 2.45. The van der Waals surface area contributed by atoms with Gasteiger partial charge in [0, 0.05) is 16.7 Å². The lowest BCUT2D eigenvalue weighted by Crippen LogP contribution is -2.17. The Bertz CT molecular complexity index is 1610. The van der Waals surface area contributed by atoms with E-state index in [1.165, 1.54) is 12.1 Å². The minimum atomic E-state index is -4.26. The van der Waals surface area contributed by atoms with E-state index in [0.717, 1.165) is 16.7 Å². The van der Waals surface area contributed by atoms with Crippen LogP contribution >= 0.6 is 7.37 Å². The average Bonchev–Trinajstić information content (AvgIpc) is 2.91. The van der Waals surface area contributed by atoms with Gasteiger partial charge < -0.3 is 15.1 Å². The van der Waals surface area contributed by atoms with Crippen molar-refractivity contribution < 1.29 is 28.9 Å². The monoisotopic (exact) mass is 557 g/mol. The van der Waals surface area contributed by atoms with Crippen LogP contribution in [0.5, 0.6) is 0 Å². The minimum absolute atomic E-state index is 0.147. The predicted octanol–water partition coefficient (Wildman–Crippen LogP) is 6.76. The predicted molar refractivity (Wildman–Crippen MR) is 154 cm³/mol. The van der Waals surface area contributed by atoms with Crippen LogP contribution in [0.2, 0.25) is 0 Å². The Morgan fingerprint density at radius 3 is 2.00 bits per heavy atom. The number of aliphatic hydroxyl groups excluding tert-OH is 1. The summed E-state index contributed by atoms with van der Waals surface area (Å²) in [5.74, 6) is 1.05. The lowest BCUT2D eigenvalue weighted by atomic mass is 9.85. The molecule has 0 spiro atoms. The van der Waals surface area contributed by atoms with Gasteiger partial charge in [-0.2, -0.15) is 0 Å². The second kappa shape index (κ2) is 12.4. The molecule has 2 atom stereocenters. The smallest absolute Gasteiger partial charge is 0.305 e. The number of hydrogen-bond acceptors (Lipinski definition) is 4. The van der Waals surface area contributed by atoms with Crippen molar-refractivity contribution in [1.29, 1.82) is 0 Å². The average molecular weight is 558 g/mol. The van der Waals surface area contributed by atoms with Crippen molar-refractivity contribution in [3.05, 3.63) is 102 Å². The van der Waals surface area contributed by atoms with Gasteiger partial charge in [0.05, 0.1) is 35.6 Å². The maximum absolute atomic E-state index is 14.0. The quantitative estimate of drug-likeness (QED) is 0.163. The number of hydrogen-bond donors (Lipinski definition) is 3. The summed E-state index contributed by atoms with van der Waals surface area (Å²) in [6.07, 6.45) is -2.88. The fourth-order valence-corrected chi connectivity index (χ4v) is 5.56. The van der Waals surface area contributed by atoms with Crippen LogP contribution in [-0.4, -0.2) is 38.3 Å². The van der Waals surface area contributed by atoms with Crippen molar-refractivity contribution >= 4 is 13.3 Å². The Morgan fingerprint density at radius 2 is 1.45 bits per heavy atom. The van der Waals surface area contributed by atoms with Crippen LogP contribution in [-0.2, 0) is 9.36 Å². The van der Waals surface area contributed by atoms with Gasteiger partial charge in [0.1, 0.15) is 5.82 Å². The second-order valence-corrected chi connectivity index (χ2v) is 11.7. The molecule has 0 radical (unpaired) electrons. The Balaban J connectivity index is 2.07. The molecule has 1 heterocycles. The zero-order valence-electron chi connectivity index (χ0n) is 22.1. The first-order valence-corrected chi connectivity index (χ1v) is 14.6. The molecule has 0 aliphatic heterocycles. The maximum atomic E-state index is 14.0. The molecule has 8 heteroatoms. The molecule has 40 heavy (non-hydrogen) atoms. The number of carboxylic acid groups (broad SMARTS) is 1. The SMILES string of the molecule is CC(C)c1nc(-c2ccccc2)c(-c2ccccc2)c(-c2ccc(F)cc2)c1C#CP(=O)(O)C[C@@H](O)CC(=O)O. The highest BCUT2D eigenvalue weighted by Gasteiger charge is 2.26. The molecular weight excluding hydrogens is 528 g/mol. The van der Waals surface area contributed by atoms with E-state index in [9.17, 15) is 23.7 Å². The maximum Gasteiger partial charge on any atom is 0.305 e. The van der Waals surface area contributed by atoms with Gasteiger partial charge in [0.25, 0.3) is 7.37 Å². The van der Waals surface area contributed by atoms with Gasteiger partial charge in [-0.05, 0) is 34.8 Å². The number of carbonyl (C=O) groups is 1. The third-order valence-electron chi connectivity index (χ3n) is 6.24. The van der Waals surface area contributed by atoms with Gasteiger partial charge in [-0.1, -0.05) is 92.6 Å². The van der Waals surface area contributed by atoms with E-state index in [1.807, 2.05) is 74.5 Å². The van der Waals surface area contributed by atoms with E-state index < -0.39 is 37.8 Å². The summed E-state index contributed by atoms with van der Waals surface area (Å²) >= 11 is 0. The Labute approximate surface area is 232 Å². The topological polar surface area (TPSA) is 108 Å². The summed E-state index contributed by atoms with van der Waals surface area (Å²) in [4.78, 5) is 26.6. The molecule has 1 unspecified atom stereocenters. The van der Waals surface area contributed by atoms with E-state index in [2.05, 4.69) is 11.6 Å². The highest BCUT2D eigenvalue weighted by molar-refractivity contribution is 7.63. The normalized spacial score (nSPS) is 13.2. The number of carboxylic acids is 1. The van der Waals surface area contributed by atoms with Gasteiger partial charge in [-0.25, -0.2) is 4.39 Å². The van der Waals surface area contributed by atoms with Crippen LogP contribution in [0.1, 0.15) is 37.4 Å². The molecule has 3 aromatic carbocycles. The van der Waals surface area contributed by atoms with E-state index in [4.69, 9.17) is 10.1 Å². The van der Waals surface area contributed by atoms with E-state index in [1.54, 1.807) is 12.1 Å². The van der Waals surface area contributed by atoms with Gasteiger partial charge in [-0.15, -0.1) is 0 Å². The number of rotatable bonds is 8. The zero-order chi connectivity index (χ0) is 28.9. The molecule has 4 rings (SSSR count). The fraction of sp³-hybridized carbons (Fsp3) is 0.188. The second-order valence-electron chi connectivity index (χ2n) is 9.74. The van der Waals surface area contributed by atoms with Crippen LogP contribution in [0.4, 0.5) is 4.39 Å². The molecule has 0 aliphatic carbocycles. The number of nitrogens with zero attached hydrogens (tertiary/aromatic N) is 1. The van der Waals surface area contributed by atoms with Crippen LogP contribution in [0.15, 0.2) is 84.9 Å². The highest BCUT2D eigenvalue weighted by atomic mass is 31.2. The van der Waals surface area contributed by atoms with E-state index in [0.29, 0.717) is 28.1 Å². The number of aromatic nitrogens is 1. The molecule has 0 fully saturated rings. The lowest BCUT2D eigenvalue weighted by Gasteiger charge is -2.22. The van der Waals surface area contributed by atoms with Gasteiger partial charge in [0.15, 0.2) is 0 Å². The van der Waals surface area contributed by atoms with Gasteiger partial charge >= 0.3 is 5.97 Å². The minimum Gasteiger partial charge on any atom is -0.481 e. The number of pyridine rings is 1. The van der Waals surface area contributed by atoms with Crippen molar-refractivity contribution in [2.75, 3.05) is 6.16 Å². The van der Waals surface area contributed by atoms with Crippen LogP contribution in [0, 0.1) is 17.4 Å². The summed E-state index contributed by atoms with van der Waals surface area (Å²) in [5.41, 5.74) is 7.78. The first-order valence-electron chi connectivity index (χ1n) is 12.8. The molecule has 1 aromatic heterocycles. The largest absolute Gasteiger partial charge is 0.481 e. The number of aliphatic hydroxyl groups is 1. The summed E-state index contributed by atoms with van der Waals surface area (Å²) < 4.78 is 27.0. The van der Waals surface area contributed by atoms with E-state index >= 15 is 0 Å². The van der Waals surface area contributed by atoms with E-state index in [-0.39, 0.29) is 5.92 Å². The van der Waals surface area contributed by atoms with Crippen molar-refractivity contribution in [2.45, 2.75) is 32.3 Å². The van der Waals surface area contributed by atoms with Gasteiger partial charge in [0.2, 0.25) is 0 Å². The Kier molecular flexibility index (Phi) is 8.96. The van der Waals surface area contributed by atoms with Crippen LogP contribution in [0.25, 0.3) is 33.5 Å². The summed E-state index contributed by atoms with van der Waals surface area (Å²) in [6, 6.07) is 25.1. The molecule has 0 amide bonds. The van der Waals surface area contributed by atoms with Crippen molar-refractivity contribution in [1.82, 2.24) is 4.98 Å². The first kappa shape index (κ1) is 28.9. The Hall–Kier alpha value is -4.08. The third kappa shape index (κ3) is 6.91. The lowest BCUT2D eigenvalue weighted by molar-refractivity contribution is -0.138. The van der Waals surface area contributed by atoms with Crippen molar-refractivity contribution in [3.63, 3.8) is 0 Å². The molecule has 0 saturated carbocycles. The standard InChI is InChI=1S/C32H29FNO5P/c1-21(2)31-27(17-18-40(38,39)20-26(35)19-28(36)37)29(23-13-15-25(33)16-14-23)30(22-9-5-3-6-10-22)32(34-31)24-11-7-4-8-12-24/h3-16,21,26,35H,19-20H2,1-2H3,(H,36,37)(H,38,39)/t26-/m0/s1. The molecule has 0 saturated heterocycles. The third-order valence-corrected chi connectivity index (χ3v) is 7.62. The molecule has 4 aromatic rings. The molecule has 0 bridgehead atoms. The number of halogens is 1. The number of aliphatic carboxylic acids is 1. The molecular formula is C32H29FNO5P.